The lowest BCUT2D eigenvalue weighted by Crippen LogP contribution is -2.43. The first-order valence-electron chi connectivity index (χ1n) is 8.23. The molecule has 3 nitrogen and oxygen atoms in total. The molecule has 2 aliphatic rings. The highest BCUT2D eigenvalue weighted by Gasteiger charge is 2.44. The molecule has 0 aromatic heterocycles. The molecular formula is C18H26O3. The van der Waals surface area contributed by atoms with E-state index in [0.29, 0.717) is 12.5 Å². The van der Waals surface area contributed by atoms with Gasteiger partial charge in [0.25, 0.3) is 0 Å². The monoisotopic (exact) mass is 290 g/mol. The molecule has 3 unspecified atom stereocenters. The second-order valence-corrected chi connectivity index (χ2v) is 6.54. The molecule has 1 aliphatic heterocycles. The summed E-state index contributed by atoms with van der Waals surface area (Å²) in [6.07, 6.45) is 4.53. The van der Waals surface area contributed by atoms with Gasteiger partial charge >= 0.3 is 0 Å². The topological polar surface area (TPSA) is 38.7 Å². The Bertz CT molecular complexity index is 495. The van der Waals surface area contributed by atoms with Crippen molar-refractivity contribution in [3.05, 3.63) is 29.3 Å². The number of hydrogen-bond acceptors (Lipinski definition) is 3. The van der Waals surface area contributed by atoms with E-state index in [0.717, 1.165) is 43.6 Å². The number of rotatable bonds is 4. The van der Waals surface area contributed by atoms with Crippen LogP contribution in [0.5, 0.6) is 5.75 Å². The highest BCUT2D eigenvalue weighted by molar-refractivity contribution is 5.46. The average molecular weight is 290 g/mol. The Morgan fingerprint density at radius 3 is 3.10 bits per heavy atom. The first-order valence-corrected chi connectivity index (χ1v) is 8.23. The summed E-state index contributed by atoms with van der Waals surface area (Å²) in [5.41, 5.74) is 1.67. The summed E-state index contributed by atoms with van der Waals surface area (Å²) in [7, 11) is 0. The maximum absolute atomic E-state index is 11.1. The van der Waals surface area contributed by atoms with Crippen LogP contribution in [0.15, 0.2) is 18.2 Å². The number of fused-ring (bicyclic) bond motifs is 1. The van der Waals surface area contributed by atoms with E-state index in [1.54, 1.807) is 0 Å². The van der Waals surface area contributed by atoms with Crippen LogP contribution < -0.4 is 4.74 Å². The van der Waals surface area contributed by atoms with Crippen molar-refractivity contribution < 1.29 is 14.6 Å². The molecule has 3 rings (SSSR count). The molecule has 3 atom stereocenters. The largest absolute Gasteiger partial charge is 0.493 e. The van der Waals surface area contributed by atoms with Crippen molar-refractivity contribution in [3.63, 3.8) is 0 Å². The SMILES string of the molecule is CCOC1(C(O)c2cccc3c2OCC3)CCCC(C)C1. The highest BCUT2D eigenvalue weighted by atomic mass is 16.5. The van der Waals surface area contributed by atoms with Crippen molar-refractivity contribution >= 4 is 0 Å². The summed E-state index contributed by atoms with van der Waals surface area (Å²) in [6.45, 7) is 5.63. The fourth-order valence-corrected chi connectivity index (χ4v) is 4.03. The Morgan fingerprint density at radius 2 is 2.33 bits per heavy atom. The maximum atomic E-state index is 11.1. The van der Waals surface area contributed by atoms with Crippen molar-refractivity contribution in [1.29, 1.82) is 0 Å². The molecule has 1 aliphatic carbocycles. The molecule has 116 valence electrons. The van der Waals surface area contributed by atoms with Gasteiger partial charge < -0.3 is 14.6 Å². The van der Waals surface area contributed by atoms with E-state index >= 15 is 0 Å². The molecule has 1 N–H and O–H groups in total. The highest BCUT2D eigenvalue weighted by Crippen LogP contribution is 2.46. The Labute approximate surface area is 127 Å². The molecule has 1 heterocycles. The number of benzene rings is 1. The lowest BCUT2D eigenvalue weighted by molar-refractivity contribution is -0.150. The van der Waals surface area contributed by atoms with Crippen molar-refractivity contribution in [2.75, 3.05) is 13.2 Å². The van der Waals surface area contributed by atoms with E-state index in [1.165, 1.54) is 12.0 Å². The minimum absolute atomic E-state index is 0.451. The summed E-state index contributed by atoms with van der Waals surface area (Å²) in [4.78, 5) is 0. The van der Waals surface area contributed by atoms with Crippen LogP contribution in [0, 0.1) is 5.92 Å². The standard InChI is InChI=1S/C18H26O3/c1-3-21-18(10-5-6-13(2)12-18)17(19)15-8-4-7-14-9-11-20-16(14)15/h4,7-8,13,17,19H,3,5-6,9-12H2,1-2H3. The maximum Gasteiger partial charge on any atom is 0.128 e. The van der Waals surface area contributed by atoms with Gasteiger partial charge in [0.1, 0.15) is 11.9 Å². The van der Waals surface area contributed by atoms with Crippen LogP contribution in [-0.4, -0.2) is 23.9 Å². The summed E-state index contributed by atoms with van der Waals surface area (Å²) in [6, 6.07) is 6.11. The molecule has 0 bridgehead atoms. The summed E-state index contributed by atoms with van der Waals surface area (Å²) >= 11 is 0. The predicted molar refractivity (Wildman–Crippen MR) is 82.6 cm³/mol. The van der Waals surface area contributed by atoms with E-state index < -0.39 is 11.7 Å². The number of para-hydroxylation sites is 1. The second kappa shape index (κ2) is 5.98. The van der Waals surface area contributed by atoms with Gasteiger partial charge in [-0.1, -0.05) is 38.0 Å². The van der Waals surface area contributed by atoms with Crippen molar-refractivity contribution in [3.8, 4) is 5.75 Å². The van der Waals surface area contributed by atoms with Gasteiger partial charge in [0, 0.05) is 18.6 Å². The van der Waals surface area contributed by atoms with E-state index in [1.807, 2.05) is 19.1 Å². The molecule has 3 heteroatoms. The minimum Gasteiger partial charge on any atom is -0.493 e. The zero-order valence-electron chi connectivity index (χ0n) is 13.1. The third-order valence-corrected chi connectivity index (χ3v) is 4.96. The molecule has 0 radical (unpaired) electrons. The van der Waals surface area contributed by atoms with Gasteiger partial charge in [-0.2, -0.15) is 0 Å². The van der Waals surface area contributed by atoms with Gasteiger partial charge in [-0.15, -0.1) is 0 Å². The number of hydrogen-bond donors (Lipinski definition) is 1. The molecule has 21 heavy (non-hydrogen) atoms. The van der Waals surface area contributed by atoms with Crippen LogP contribution >= 0.6 is 0 Å². The summed E-state index contributed by atoms with van der Waals surface area (Å²) in [5, 5.41) is 11.1. The molecule has 1 aromatic rings. The Balaban J connectivity index is 1.94. The van der Waals surface area contributed by atoms with E-state index in [-0.39, 0.29) is 0 Å². The van der Waals surface area contributed by atoms with Gasteiger partial charge in [-0.3, -0.25) is 0 Å². The minimum atomic E-state index is -0.603. The van der Waals surface area contributed by atoms with Crippen LogP contribution in [0.4, 0.5) is 0 Å². The summed E-state index contributed by atoms with van der Waals surface area (Å²) in [5.74, 6) is 1.49. The lowest BCUT2D eigenvalue weighted by atomic mass is 9.73. The van der Waals surface area contributed by atoms with Gasteiger partial charge in [-0.05, 0) is 31.2 Å². The van der Waals surface area contributed by atoms with Crippen LogP contribution in [0.3, 0.4) is 0 Å². The fourth-order valence-electron chi connectivity index (χ4n) is 4.03. The average Bonchev–Trinajstić information content (AvgIpc) is 2.95. The quantitative estimate of drug-likeness (QED) is 0.920. The van der Waals surface area contributed by atoms with E-state index in [4.69, 9.17) is 9.47 Å². The molecule has 0 amide bonds. The van der Waals surface area contributed by atoms with Crippen LogP contribution in [0.25, 0.3) is 0 Å². The molecular weight excluding hydrogens is 264 g/mol. The first kappa shape index (κ1) is 14.9. The van der Waals surface area contributed by atoms with E-state index in [9.17, 15) is 5.11 Å². The van der Waals surface area contributed by atoms with Gasteiger partial charge in [0.15, 0.2) is 0 Å². The third kappa shape index (κ3) is 2.69. The smallest absolute Gasteiger partial charge is 0.128 e. The van der Waals surface area contributed by atoms with Gasteiger partial charge in [0.2, 0.25) is 0 Å². The number of ether oxygens (including phenoxy) is 2. The van der Waals surface area contributed by atoms with Crippen LogP contribution in [-0.2, 0) is 11.2 Å². The number of aliphatic hydroxyl groups excluding tert-OH is 1. The number of aliphatic hydroxyl groups is 1. The molecule has 1 fully saturated rings. The second-order valence-electron chi connectivity index (χ2n) is 6.54. The molecule has 0 saturated heterocycles. The van der Waals surface area contributed by atoms with Gasteiger partial charge in [0.05, 0.1) is 12.2 Å². The van der Waals surface area contributed by atoms with E-state index in [2.05, 4.69) is 13.0 Å². The fraction of sp³-hybridized carbons (Fsp3) is 0.667. The lowest BCUT2D eigenvalue weighted by Gasteiger charge is -2.43. The van der Waals surface area contributed by atoms with Crippen LogP contribution in [0.2, 0.25) is 0 Å². The predicted octanol–water partition coefficient (Wildman–Crippen LogP) is 3.64. The summed E-state index contributed by atoms with van der Waals surface area (Å²) < 4.78 is 11.9. The molecule has 0 spiro atoms. The normalized spacial score (nSPS) is 29.8. The third-order valence-electron chi connectivity index (χ3n) is 4.96. The zero-order valence-corrected chi connectivity index (χ0v) is 13.1. The van der Waals surface area contributed by atoms with Crippen molar-refractivity contribution in [1.82, 2.24) is 0 Å². The Hall–Kier alpha value is -1.06. The Kier molecular flexibility index (Phi) is 4.23. The molecule has 1 aromatic carbocycles. The molecule has 1 saturated carbocycles. The van der Waals surface area contributed by atoms with Crippen molar-refractivity contribution in [2.24, 2.45) is 5.92 Å². The van der Waals surface area contributed by atoms with Crippen molar-refractivity contribution in [2.45, 2.75) is 57.7 Å². The van der Waals surface area contributed by atoms with Gasteiger partial charge in [-0.25, -0.2) is 0 Å². The first-order chi connectivity index (χ1) is 10.2. The zero-order chi connectivity index (χ0) is 14.9. The Morgan fingerprint density at radius 1 is 1.48 bits per heavy atom. The van der Waals surface area contributed by atoms with Crippen LogP contribution in [0.1, 0.15) is 56.8 Å².